The number of hydrogen-bond acceptors (Lipinski definition) is 3. The lowest BCUT2D eigenvalue weighted by molar-refractivity contribution is 0.144. The Morgan fingerprint density at radius 2 is 1.89 bits per heavy atom. The molecule has 104 valence electrons. The van der Waals surface area contributed by atoms with Crippen molar-refractivity contribution in [1.29, 1.82) is 0 Å². The summed E-state index contributed by atoms with van der Waals surface area (Å²) in [6.45, 7) is 6.29. The number of nitrogens with one attached hydrogen (secondary N) is 1. The van der Waals surface area contributed by atoms with Crippen LogP contribution < -0.4 is 11.1 Å². The van der Waals surface area contributed by atoms with E-state index in [0.717, 1.165) is 25.9 Å². The van der Waals surface area contributed by atoms with Gasteiger partial charge in [0.05, 0.1) is 0 Å². The first-order valence-corrected chi connectivity index (χ1v) is 7.05. The van der Waals surface area contributed by atoms with Gasteiger partial charge < -0.3 is 20.9 Å². The molecule has 0 saturated carbocycles. The molecular formula is C13H26N4O. The summed E-state index contributed by atoms with van der Waals surface area (Å²) in [4.78, 5) is 15.2. The second-order valence-corrected chi connectivity index (χ2v) is 5.90. The number of carbonyl (C=O) groups is 1. The smallest absolute Gasteiger partial charge is 0.314 e. The van der Waals surface area contributed by atoms with Crippen LogP contribution in [-0.2, 0) is 0 Å². The SMILES string of the molecule is CC1CN(C)CCC1NC1CCN(C(N)=O)CC1. The van der Waals surface area contributed by atoms with Crippen LogP contribution in [0.3, 0.4) is 0 Å². The van der Waals surface area contributed by atoms with Crippen LogP contribution in [0.15, 0.2) is 0 Å². The fourth-order valence-corrected chi connectivity index (χ4v) is 3.17. The first-order chi connectivity index (χ1) is 8.56. The quantitative estimate of drug-likeness (QED) is 0.752. The number of hydrogen-bond donors (Lipinski definition) is 2. The predicted molar refractivity (Wildman–Crippen MR) is 72.4 cm³/mol. The highest BCUT2D eigenvalue weighted by molar-refractivity contribution is 5.72. The second kappa shape index (κ2) is 5.89. The summed E-state index contributed by atoms with van der Waals surface area (Å²) in [7, 11) is 2.19. The number of amides is 2. The summed E-state index contributed by atoms with van der Waals surface area (Å²) in [6.07, 6.45) is 3.29. The number of carbonyl (C=O) groups excluding carboxylic acids is 1. The molecule has 2 atom stereocenters. The van der Waals surface area contributed by atoms with Crippen LogP contribution in [0.4, 0.5) is 4.79 Å². The molecule has 2 saturated heterocycles. The minimum atomic E-state index is -0.277. The highest BCUT2D eigenvalue weighted by Crippen LogP contribution is 2.18. The van der Waals surface area contributed by atoms with E-state index in [-0.39, 0.29) is 6.03 Å². The van der Waals surface area contributed by atoms with Crippen molar-refractivity contribution in [2.24, 2.45) is 11.7 Å². The molecule has 0 aromatic rings. The maximum Gasteiger partial charge on any atom is 0.314 e. The predicted octanol–water partition coefficient (Wildman–Crippen LogP) is 0.459. The lowest BCUT2D eigenvalue weighted by atomic mass is 9.92. The monoisotopic (exact) mass is 254 g/mol. The number of likely N-dealkylation sites (tertiary alicyclic amines) is 2. The normalized spacial score (nSPS) is 31.6. The molecule has 3 N–H and O–H groups in total. The molecule has 2 aliphatic heterocycles. The summed E-state index contributed by atoms with van der Waals surface area (Å²) in [5, 5.41) is 3.78. The number of urea groups is 1. The van der Waals surface area contributed by atoms with Crippen LogP contribution in [0.2, 0.25) is 0 Å². The lowest BCUT2D eigenvalue weighted by Gasteiger charge is -2.39. The van der Waals surface area contributed by atoms with Crippen molar-refractivity contribution < 1.29 is 4.79 Å². The Kier molecular flexibility index (Phi) is 4.45. The third kappa shape index (κ3) is 3.36. The Morgan fingerprint density at radius 1 is 1.22 bits per heavy atom. The number of primary amides is 1. The molecule has 2 aliphatic rings. The highest BCUT2D eigenvalue weighted by Gasteiger charge is 2.28. The fraction of sp³-hybridized carbons (Fsp3) is 0.923. The van der Waals surface area contributed by atoms with Crippen molar-refractivity contribution >= 4 is 6.03 Å². The molecule has 0 aromatic carbocycles. The van der Waals surface area contributed by atoms with Crippen LogP contribution in [-0.4, -0.2) is 61.1 Å². The Hall–Kier alpha value is -0.810. The number of nitrogens with zero attached hydrogens (tertiary/aromatic N) is 2. The minimum absolute atomic E-state index is 0.277. The molecule has 2 amide bonds. The number of rotatable bonds is 2. The Balaban J connectivity index is 1.76. The van der Waals surface area contributed by atoms with Crippen molar-refractivity contribution in [1.82, 2.24) is 15.1 Å². The minimum Gasteiger partial charge on any atom is -0.351 e. The van der Waals surface area contributed by atoms with Crippen LogP contribution >= 0.6 is 0 Å². The van der Waals surface area contributed by atoms with E-state index in [9.17, 15) is 4.79 Å². The summed E-state index contributed by atoms with van der Waals surface area (Å²) >= 11 is 0. The van der Waals surface area contributed by atoms with E-state index >= 15 is 0 Å². The van der Waals surface area contributed by atoms with Gasteiger partial charge in [-0.1, -0.05) is 6.92 Å². The highest BCUT2D eigenvalue weighted by atomic mass is 16.2. The fourth-order valence-electron chi connectivity index (χ4n) is 3.17. The van der Waals surface area contributed by atoms with Gasteiger partial charge in [0.2, 0.25) is 0 Å². The van der Waals surface area contributed by atoms with Crippen LogP contribution in [0.5, 0.6) is 0 Å². The van der Waals surface area contributed by atoms with E-state index in [1.165, 1.54) is 19.5 Å². The zero-order valence-electron chi connectivity index (χ0n) is 11.6. The molecule has 2 unspecified atom stereocenters. The third-order valence-corrected chi connectivity index (χ3v) is 4.36. The second-order valence-electron chi connectivity index (χ2n) is 5.90. The van der Waals surface area contributed by atoms with E-state index in [1.807, 2.05) is 0 Å². The first kappa shape index (κ1) is 13.6. The Morgan fingerprint density at radius 3 is 2.44 bits per heavy atom. The Bertz CT molecular complexity index is 289. The van der Waals surface area contributed by atoms with Crippen molar-refractivity contribution in [2.45, 2.75) is 38.3 Å². The topological polar surface area (TPSA) is 61.6 Å². The summed E-state index contributed by atoms with van der Waals surface area (Å²) in [6, 6.07) is 0.906. The van der Waals surface area contributed by atoms with E-state index in [0.29, 0.717) is 18.0 Å². The van der Waals surface area contributed by atoms with E-state index < -0.39 is 0 Å². The summed E-state index contributed by atoms with van der Waals surface area (Å²) in [5.74, 6) is 0.706. The molecular weight excluding hydrogens is 228 g/mol. The van der Waals surface area contributed by atoms with Gasteiger partial charge in [-0.25, -0.2) is 4.79 Å². The maximum absolute atomic E-state index is 11.1. The molecule has 0 spiro atoms. The molecule has 5 nitrogen and oxygen atoms in total. The number of piperidine rings is 2. The summed E-state index contributed by atoms with van der Waals surface area (Å²) in [5.41, 5.74) is 5.30. The van der Waals surface area contributed by atoms with E-state index in [1.54, 1.807) is 4.90 Å². The average Bonchev–Trinajstić information content (AvgIpc) is 2.33. The zero-order chi connectivity index (χ0) is 13.1. The van der Waals surface area contributed by atoms with Crippen molar-refractivity contribution in [3.05, 3.63) is 0 Å². The zero-order valence-corrected chi connectivity index (χ0v) is 11.6. The molecule has 0 bridgehead atoms. The van der Waals surface area contributed by atoms with Gasteiger partial charge in [-0.2, -0.15) is 0 Å². The van der Waals surface area contributed by atoms with Crippen molar-refractivity contribution in [3.63, 3.8) is 0 Å². The van der Waals surface area contributed by atoms with Crippen LogP contribution in [0.25, 0.3) is 0 Å². The molecule has 0 aliphatic carbocycles. The van der Waals surface area contributed by atoms with E-state index in [4.69, 9.17) is 5.73 Å². The van der Waals surface area contributed by atoms with Crippen LogP contribution in [0.1, 0.15) is 26.2 Å². The Labute approximate surface area is 110 Å². The maximum atomic E-state index is 11.1. The van der Waals surface area contributed by atoms with E-state index in [2.05, 4.69) is 24.2 Å². The van der Waals surface area contributed by atoms with Gasteiger partial charge >= 0.3 is 6.03 Å². The van der Waals surface area contributed by atoms with Gasteiger partial charge in [-0.05, 0) is 38.8 Å². The van der Waals surface area contributed by atoms with Crippen molar-refractivity contribution in [3.8, 4) is 0 Å². The lowest BCUT2D eigenvalue weighted by Crippen LogP contribution is -2.53. The molecule has 0 radical (unpaired) electrons. The average molecular weight is 254 g/mol. The van der Waals surface area contributed by atoms with Gasteiger partial charge in [0.1, 0.15) is 0 Å². The molecule has 18 heavy (non-hydrogen) atoms. The van der Waals surface area contributed by atoms with Gasteiger partial charge in [0, 0.05) is 31.7 Å². The number of nitrogens with two attached hydrogens (primary N) is 1. The largest absolute Gasteiger partial charge is 0.351 e. The van der Waals surface area contributed by atoms with Crippen LogP contribution in [0, 0.1) is 5.92 Å². The molecule has 2 rings (SSSR count). The van der Waals surface area contributed by atoms with Crippen molar-refractivity contribution in [2.75, 3.05) is 33.2 Å². The molecule has 0 aromatic heterocycles. The van der Waals surface area contributed by atoms with Gasteiger partial charge in [-0.15, -0.1) is 0 Å². The molecule has 2 fully saturated rings. The third-order valence-electron chi connectivity index (χ3n) is 4.36. The molecule has 5 heteroatoms. The first-order valence-electron chi connectivity index (χ1n) is 7.05. The van der Waals surface area contributed by atoms with Gasteiger partial charge in [-0.3, -0.25) is 0 Å². The summed E-state index contributed by atoms with van der Waals surface area (Å²) < 4.78 is 0. The van der Waals surface area contributed by atoms with Gasteiger partial charge in [0.25, 0.3) is 0 Å². The van der Waals surface area contributed by atoms with Gasteiger partial charge in [0.15, 0.2) is 0 Å². The standard InChI is InChI=1S/C13H26N4O/c1-10-9-16(2)6-5-12(10)15-11-3-7-17(8-4-11)13(14)18/h10-12,15H,3-9H2,1-2H3,(H2,14,18). The molecule has 2 heterocycles.